The summed E-state index contributed by atoms with van der Waals surface area (Å²) in [5, 5.41) is 10.1. The van der Waals surface area contributed by atoms with E-state index in [2.05, 4.69) is 4.90 Å². The summed E-state index contributed by atoms with van der Waals surface area (Å²) in [5.74, 6) is -0.269. The molecule has 3 nitrogen and oxygen atoms in total. The van der Waals surface area contributed by atoms with E-state index in [0.29, 0.717) is 12.5 Å². The van der Waals surface area contributed by atoms with Crippen molar-refractivity contribution in [3.63, 3.8) is 0 Å². The third kappa shape index (κ3) is 4.27. The Labute approximate surface area is 114 Å². The molecule has 4 heteroatoms. The van der Waals surface area contributed by atoms with E-state index in [-0.39, 0.29) is 5.82 Å². The number of aliphatic hydroxyl groups excluding tert-OH is 1. The Balaban J connectivity index is 1.79. The second-order valence-electron chi connectivity index (χ2n) is 5.16. The van der Waals surface area contributed by atoms with Crippen molar-refractivity contribution in [2.24, 2.45) is 0 Å². The minimum atomic E-state index is -0.525. The van der Waals surface area contributed by atoms with Gasteiger partial charge in [0.2, 0.25) is 0 Å². The molecule has 2 unspecified atom stereocenters. The summed E-state index contributed by atoms with van der Waals surface area (Å²) in [7, 11) is 1.75. The van der Waals surface area contributed by atoms with E-state index < -0.39 is 6.10 Å². The third-order valence-electron chi connectivity index (χ3n) is 3.77. The molecule has 106 valence electrons. The van der Waals surface area contributed by atoms with Crippen LogP contribution in [0.2, 0.25) is 0 Å². The molecule has 1 aromatic rings. The first-order valence-corrected chi connectivity index (χ1v) is 6.87. The molecular formula is C15H22FNO2. The molecule has 19 heavy (non-hydrogen) atoms. The summed E-state index contributed by atoms with van der Waals surface area (Å²) in [6.45, 7) is 2.85. The first-order valence-electron chi connectivity index (χ1n) is 6.87. The molecule has 0 radical (unpaired) electrons. The Morgan fingerprint density at radius 1 is 1.42 bits per heavy atom. The maximum Gasteiger partial charge on any atom is 0.123 e. The van der Waals surface area contributed by atoms with Crippen molar-refractivity contribution in [3.8, 4) is 0 Å². The maximum absolute atomic E-state index is 12.8. The van der Waals surface area contributed by atoms with Crippen molar-refractivity contribution in [3.05, 3.63) is 35.6 Å². The summed E-state index contributed by atoms with van der Waals surface area (Å²) < 4.78 is 18.2. The number of benzene rings is 1. The second-order valence-corrected chi connectivity index (χ2v) is 5.16. The Hall–Kier alpha value is -0.970. The van der Waals surface area contributed by atoms with E-state index in [9.17, 15) is 9.50 Å². The summed E-state index contributed by atoms with van der Waals surface area (Å²) >= 11 is 0. The Morgan fingerprint density at radius 3 is 2.84 bits per heavy atom. The first kappa shape index (κ1) is 14.4. The van der Waals surface area contributed by atoms with Crippen LogP contribution in [0.3, 0.4) is 0 Å². The molecule has 0 aliphatic carbocycles. The first-order chi connectivity index (χ1) is 9.19. The van der Waals surface area contributed by atoms with Gasteiger partial charge < -0.3 is 14.7 Å². The lowest BCUT2D eigenvalue weighted by Crippen LogP contribution is -2.40. The zero-order valence-corrected chi connectivity index (χ0v) is 11.4. The molecule has 1 aliphatic rings. The third-order valence-corrected chi connectivity index (χ3v) is 3.77. The molecule has 0 spiro atoms. The topological polar surface area (TPSA) is 32.7 Å². The minimum Gasteiger partial charge on any atom is -0.388 e. The number of likely N-dealkylation sites (tertiary alicyclic amines) is 1. The molecule has 0 bridgehead atoms. The zero-order valence-electron chi connectivity index (χ0n) is 11.4. The normalized spacial score (nSPS) is 22.4. The fraction of sp³-hybridized carbons (Fsp3) is 0.600. The fourth-order valence-electron chi connectivity index (χ4n) is 2.57. The molecule has 2 rings (SSSR count). The summed E-state index contributed by atoms with van der Waals surface area (Å²) in [4.78, 5) is 2.32. The van der Waals surface area contributed by atoms with Gasteiger partial charge in [-0.15, -0.1) is 0 Å². The lowest BCUT2D eigenvalue weighted by molar-refractivity contribution is 0.0255. The van der Waals surface area contributed by atoms with Crippen LogP contribution in [-0.2, 0) is 4.74 Å². The zero-order chi connectivity index (χ0) is 13.7. The molecule has 0 amide bonds. The lowest BCUT2D eigenvalue weighted by atomic mass is 10.0. The van der Waals surface area contributed by atoms with E-state index in [1.54, 1.807) is 19.2 Å². The van der Waals surface area contributed by atoms with Gasteiger partial charge in [0.05, 0.1) is 12.2 Å². The van der Waals surface area contributed by atoms with Gasteiger partial charge in [0, 0.05) is 20.2 Å². The molecule has 1 fully saturated rings. The van der Waals surface area contributed by atoms with Gasteiger partial charge in [-0.1, -0.05) is 12.1 Å². The molecule has 1 aromatic carbocycles. The van der Waals surface area contributed by atoms with Gasteiger partial charge >= 0.3 is 0 Å². The molecule has 0 saturated carbocycles. The molecule has 0 aromatic heterocycles. The summed E-state index contributed by atoms with van der Waals surface area (Å²) in [6.07, 6.45) is 2.72. The van der Waals surface area contributed by atoms with Crippen molar-refractivity contribution >= 4 is 0 Å². The Bertz CT molecular complexity index is 382. The Kier molecular flexibility index (Phi) is 5.31. The average Bonchev–Trinajstić information content (AvgIpc) is 2.46. The van der Waals surface area contributed by atoms with Crippen LogP contribution in [0.15, 0.2) is 24.3 Å². The van der Waals surface area contributed by atoms with Gasteiger partial charge in [-0.05, 0) is 43.5 Å². The van der Waals surface area contributed by atoms with E-state index >= 15 is 0 Å². The predicted octanol–water partition coefficient (Wildman–Crippen LogP) is 2.36. The highest BCUT2D eigenvalue weighted by Gasteiger charge is 2.20. The smallest absolute Gasteiger partial charge is 0.123 e. The van der Waals surface area contributed by atoms with E-state index in [4.69, 9.17) is 4.74 Å². The fourth-order valence-corrected chi connectivity index (χ4v) is 2.57. The quantitative estimate of drug-likeness (QED) is 0.889. The van der Waals surface area contributed by atoms with Crippen LogP contribution in [0, 0.1) is 5.82 Å². The SMILES string of the molecule is COC1CCCN(CCC(O)c2ccc(F)cc2)C1. The molecule has 1 heterocycles. The van der Waals surface area contributed by atoms with E-state index in [1.807, 2.05) is 0 Å². The van der Waals surface area contributed by atoms with Crippen LogP contribution in [0.25, 0.3) is 0 Å². The van der Waals surface area contributed by atoms with E-state index in [0.717, 1.165) is 38.0 Å². The van der Waals surface area contributed by atoms with Gasteiger partial charge in [0.1, 0.15) is 5.82 Å². The summed E-state index contributed by atoms with van der Waals surface area (Å²) in [6, 6.07) is 6.07. The lowest BCUT2D eigenvalue weighted by Gasteiger charge is -2.32. The van der Waals surface area contributed by atoms with Crippen molar-refractivity contribution in [1.82, 2.24) is 4.90 Å². The van der Waals surface area contributed by atoms with E-state index in [1.165, 1.54) is 12.1 Å². The van der Waals surface area contributed by atoms with Crippen molar-refractivity contribution in [1.29, 1.82) is 0 Å². The number of piperidine rings is 1. The highest BCUT2D eigenvalue weighted by molar-refractivity contribution is 5.18. The van der Waals surface area contributed by atoms with Crippen LogP contribution in [0.5, 0.6) is 0 Å². The number of nitrogens with zero attached hydrogens (tertiary/aromatic N) is 1. The molecular weight excluding hydrogens is 245 g/mol. The predicted molar refractivity (Wildman–Crippen MR) is 72.4 cm³/mol. The number of aliphatic hydroxyl groups is 1. The molecule has 1 aliphatic heterocycles. The number of hydrogen-bond donors (Lipinski definition) is 1. The van der Waals surface area contributed by atoms with Gasteiger partial charge in [-0.3, -0.25) is 0 Å². The van der Waals surface area contributed by atoms with Crippen LogP contribution in [0.4, 0.5) is 4.39 Å². The number of methoxy groups -OCH3 is 1. The van der Waals surface area contributed by atoms with Crippen LogP contribution in [-0.4, -0.2) is 42.9 Å². The standard InChI is InChI=1S/C15H22FNO2/c1-19-14-3-2-9-17(11-14)10-8-15(18)12-4-6-13(16)7-5-12/h4-7,14-15,18H,2-3,8-11H2,1H3. The molecule has 1 saturated heterocycles. The highest BCUT2D eigenvalue weighted by atomic mass is 19.1. The monoisotopic (exact) mass is 267 g/mol. The number of hydrogen-bond acceptors (Lipinski definition) is 3. The largest absolute Gasteiger partial charge is 0.388 e. The van der Waals surface area contributed by atoms with Crippen LogP contribution in [0.1, 0.15) is 30.9 Å². The van der Waals surface area contributed by atoms with Crippen molar-refractivity contribution < 1.29 is 14.2 Å². The highest BCUT2D eigenvalue weighted by Crippen LogP contribution is 2.19. The van der Waals surface area contributed by atoms with Gasteiger partial charge in [0.25, 0.3) is 0 Å². The maximum atomic E-state index is 12.8. The van der Waals surface area contributed by atoms with Crippen molar-refractivity contribution in [2.45, 2.75) is 31.5 Å². The minimum absolute atomic E-state index is 0.269. The van der Waals surface area contributed by atoms with Crippen LogP contribution >= 0.6 is 0 Å². The van der Waals surface area contributed by atoms with Gasteiger partial charge in [-0.25, -0.2) is 4.39 Å². The van der Waals surface area contributed by atoms with Crippen molar-refractivity contribution in [2.75, 3.05) is 26.7 Å². The number of rotatable bonds is 5. The van der Waals surface area contributed by atoms with Gasteiger partial charge in [0.15, 0.2) is 0 Å². The van der Waals surface area contributed by atoms with Crippen LogP contribution < -0.4 is 0 Å². The van der Waals surface area contributed by atoms with Gasteiger partial charge in [-0.2, -0.15) is 0 Å². The molecule has 2 atom stereocenters. The Morgan fingerprint density at radius 2 is 2.16 bits per heavy atom. The average molecular weight is 267 g/mol. The summed E-state index contributed by atoms with van der Waals surface area (Å²) in [5.41, 5.74) is 0.779. The number of ether oxygens (including phenoxy) is 1. The number of halogens is 1. The molecule has 1 N–H and O–H groups in total. The second kappa shape index (κ2) is 6.98.